The highest BCUT2D eigenvalue weighted by Crippen LogP contribution is 2.16. The molecule has 2 N–H and O–H groups in total. The highest BCUT2D eigenvalue weighted by atomic mass is 32.2. The molecule has 0 saturated carbocycles. The lowest BCUT2D eigenvalue weighted by molar-refractivity contribution is -0.868. The van der Waals surface area contributed by atoms with Crippen molar-refractivity contribution >= 4 is 23.4 Å². The fourth-order valence-electron chi connectivity index (χ4n) is 1.97. The fraction of sp³-hybridized carbons (Fsp3) is 0.235. The molecule has 0 saturated heterocycles. The van der Waals surface area contributed by atoms with Crippen LogP contribution in [0, 0.1) is 11.6 Å². The lowest BCUT2D eigenvalue weighted by Crippen LogP contribution is -3.10. The van der Waals surface area contributed by atoms with Crippen LogP contribution >= 0.6 is 11.8 Å². The van der Waals surface area contributed by atoms with Crippen molar-refractivity contribution in [2.24, 2.45) is 0 Å². The minimum atomic E-state index is -0.330. The fourth-order valence-corrected chi connectivity index (χ4v) is 2.99. The lowest BCUT2D eigenvalue weighted by Gasteiger charge is -2.13. The largest absolute Gasteiger partial charge is 0.329 e. The van der Waals surface area contributed by atoms with Gasteiger partial charge in [-0.25, -0.2) is 8.78 Å². The molecule has 1 atom stereocenters. The zero-order valence-corrected chi connectivity index (χ0v) is 13.6. The monoisotopic (exact) mass is 337 g/mol. The number of amides is 1. The van der Waals surface area contributed by atoms with E-state index in [2.05, 4.69) is 5.32 Å². The minimum absolute atomic E-state index is 0.110. The van der Waals surface area contributed by atoms with Gasteiger partial charge in [-0.2, -0.15) is 0 Å². The Kier molecular flexibility index (Phi) is 6.55. The Balaban J connectivity index is 1.69. The van der Waals surface area contributed by atoms with Gasteiger partial charge in [0.2, 0.25) is 0 Å². The van der Waals surface area contributed by atoms with Crippen LogP contribution in [0.3, 0.4) is 0 Å². The molecule has 6 heteroatoms. The van der Waals surface area contributed by atoms with Crippen LogP contribution in [-0.2, 0) is 4.79 Å². The van der Waals surface area contributed by atoms with E-state index in [0.717, 1.165) is 22.1 Å². The highest BCUT2D eigenvalue weighted by Gasteiger charge is 2.10. The van der Waals surface area contributed by atoms with E-state index in [1.165, 1.54) is 36.4 Å². The van der Waals surface area contributed by atoms with E-state index in [-0.39, 0.29) is 17.5 Å². The quantitative estimate of drug-likeness (QED) is 0.760. The third kappa shape index (κ3) is 6.38. The van der Waals surface area contributed by atoms with Crippen LogP contribution in [0.2, 0.25) is 0 Å². The van der Waals surface area contributed by atoms with Crippen molar-refractivity contribution < 1.29 is 18.5 Å². The molecule has 0 radical (unpaired) electrons. The first-order chi connectivity index (χ1) is 11.0. The second-order valence-electron chi connectivity index (χ2n) is 5.24. The molecule has 0 heterocycles. The number of carbonyl (C=O) groups is 1. The summed E-state index contributed by atoms with van der Waals surface area (Å²) in [5, 5.41) is 2.74. The van der Waals surface area contributed by atoms with E-state index in [1.54, 1.807) is 23.9 Å². The van der Waals surface area contributed by atoms with Crippen molar-refractivity contribution in [2.75, 3.05) is 31.2 Å². The summed E-state index contributed by atoms with van der Waals surface area (Å²) in [5.41, 5.74) is 0.588. The van der Waals surface area contributed by atoms with Crippen LogP contribution in [0.1, 0.15) is 0 Å². The molecule has 2 rings (SSSR count). The molecule has 0 aliphatic rings. The van der Waals surface area contributed by atoms with Crippen LogP contribution in [0.5, 0.6) is 0 Å². The molecule has 0 fully saturated rings. The number of carbonyl (C=O) groups excluding carboxylic acids is 1. The molecule has 23 heavy (non-hydrogen) atoms. The Hall–Kier alpha value is -1.92. The van der Waals surface area contributed by atoms with Crippen molar-refractivity contribution in [3.8, 4) is 0 Å². The minimum Gasteiger partial charge on any atom is -0.329 e. The molecule has 0 aliphatic carbocycles. The number of quaternary nitrogens is 1. The summed E-state index contributed by atoms with van der Waals surface area (Å²) in [6.07, 6.45) is 0. The Morgan fingerprint density at radius 3 is 2.22 bits per heavy atom. The lowest BCUT2D eigenvalue weighted by atomic mass is 10.3. The first-order valence-corrected chi connectivity index (χ1v) is 8.26. The molecule has 1 unspecified atom stereocenters. The van der Waals surface area contributed by atoms with Gasteiger partial charge >= 0.3 is 0 Å². The first-order valence-electron chi connectivity index (χ1n) is 7.28. The van der Waals surface area contributed by atoms with Gasteiger partial charge in [0.05, 0.1) is 13.6 Å². The highest BCUT2D eigenvalue weighted by molar-refractivity contribution is 7.99. The van der Waals surface area contributed by atoms with Gasteiger partial charge in [0.15, 0.2) is 6.54 Å². The van der Waals surface area contributed by atoms with Gasteiger partial charge in [0.1, 0.15) is 11.6 Å². The Morgan fingerprint density at radius 1 is 1.04 bits per heavy atom. The van der Waals surface area contributed by atoms with Gasteiger partial charge in [-0.3, -0.25) is 4.79 Å². The zero-order chi connectivity index (χ0) is 16.7. The molecule has 122 valence electrons. The average Bonchev–Trinajstić information content (AvgIpc) is 2.51. The molecular formula is C17H19F2N2OS+. The SMILES string of the molecule is C[NH+](CCSc1ccc(F)cc1)CC(=O)Nc1ccc(F)cc1. The third-order valence-corrected chi connectivity index (χ3v) is 4.22. The van der Waals surface area contributed by atoms with Crippen molar-refractivity contribution in [2.45, 2.75) is 4.90 Å². The number of anilines is 1. The van der Waals surface area contributed by atoms with Gasteiger partial charge < -0.3 is 10.2 Å². The first kappa shape index (κ1) is 17.4. The second-order valence-corrected chi connectivity index (χ2v) is 6.41. The predicted molar refractivity (Wildman–Crippen MR) is 88.8 cm³/mol. The number of hydrogen-bond donors (Lipinski definition) is 2. The molecule has 2 aromatic carbocycles. The maximum Gasteiger partial charge on any atom is 0.279 e. The van der Waals surface area contributed by atoms with Gasteiger partial charge in [-0.15, -0.1) is 11.8 Å². The molecule has 3 nitrogen and oxygen atoms in total. The summed E-state index contributed by atoms with van der Waals surface area (Å²) in [7, 11) is 1.94. The maximum atomic E-state index is 12.8. The summed E-state index contributed by atoms with van der Waals surface area (Å²) in [5.74, 6) is 0.153. The van der Waals surface area contributed by atoms with Crippen LogP contribution in [0.4, 0.5) is 14.5 Å². The Labute approximate surface area is 138 Å². The normalized spacial score (nSPS) is 12.0. The standard InChI is InChI=1S/C17H18F2N2OS/c1-21(10-11-23-16-8-4-14(19)5-9-16)12-17(22)20-15-6-2-13(18)3-7-15/h2-9H,10-12H2,1H3,(H,20,22)/p+1. The van der Waals surface area contributed by atoms with E-state index in [9.17, 15) is 13.6 Å². The van der Waals surface area contributed by atoms with E-state index >= 15 is 0 Å². The van der Waals surface area contributed by atoms with Gasteiger partial charge in [0.25, 0.3) is 5.91 Å². The average molecular weight is 337 g/mol. The summed E-state index contributed by atoms with van der Waals surface area (Å²) in [6, 6.07) is 12.1. The molecule has 0 aliphatic heterocycles. The number of hydrogen-bond acceptors (Lipinski definition) is 2. The molecule has 0 bridgehead atoms. The Morgan fingerprint density at radius 2 is 1.61 bits per heavy atom. The van der Waals surface area contributed by atoms with Crippen LogP contribution < -0.4 is 10.2 Å². The molecule has 2 aromatic rings. The second kappa shape index (κ2) is 8.64. The topological polar surface area (TPSA) is 33.5 Å². The van der Waals surface area contributed by atoms with Crippen LogP contribution in [-0.4, -0.2) is 31.8 Å². The van der Waals surface area contributed by atoms with Crippen molar-refractivity contribution in [1.82, 2.24) is 0 Å². The van der Waals surface area contributed by atoms with E-state index in [4.69, 9.17) is 0 Å². The number of benzene rings is 2. The van der Waals surface area contributed by atoms with E-state index in [1.807, 2.05) is 7.05 Å². The van der Waals surface area contributed by atoms with E-state index in [0.29, 0.717) is 12.2 Å². The number of halogens is 2. The maximum absolute atomic E-state index is 12.8. The van der Waals surface area contributed by atoms with Gasteiger partial charge in [-0.05, 0) is 48.5 Å². The van der Waals surface area contributed by atoms with Crippen molar-refractivity contribution in [3.63, 3.8) is 0 Å². The summed E-state index contributed by atoms with van der Waals surface area (Å²) in [6.45, 7) is 1.14. The molecule has 0 spiro atoms. The van der Waals surface area contributed by atoms with Gasteiger partial charge in [0, 0.05) is 16.3 Å². The van der Waals surface area contributed by atoms with E-state index < -0.39 is 0 Å². The smallest absolute Gasteiger partial charge is 0.279 e. The molecule has 1 amide bonds. The van der Waals surface area contributed by atoms with Crippen molar-refractivity contribution in [3.05, 3.63) is 60.2 Å². The molecular weight excluding hydrogens is 318 g/mol. The van der Waals surface area contributed by atoms with Crippen LogP contribution in [0.15, 0.2) is 53.4 Å². The zero-order valence-electron chi connectivity index (χ0n) is 12.8. The van der Waals surface area contributed by atoms with Crippen LogP contribution in [0.25, 0.3) is 0 Å². The Bertz CT molecular complexity index is 632. The summed E-state index contributed by atoms with van der Waals surface area (Å²) >= 11 is 1.63. The van der Waals surface area contributed by atoms with Gasteiger partial charge in [-0.1, -0.05) is 0 Å². The summed E-state index contributed by atoms with van der Waals surface area (Å²) < 4.78 is 25.6. The summed E-state index contributed by atoms with van der Waals surface area (Å²) in [4.78, 5) is 14.0. The third-order valence-electron chi connectivity index (χ3n) is 3.20. The number of nitrogens with one attached hydrogen (secondary N) is 2. The number of thioether (sulfide) groups is 1. The number of rotatable bonds is 7. The molecule has 0 aromatic heterocycles. The predicted octanol–water partition coefficient (Wildman–Crippen LogP) is 2.21. The number of likely N-dealkylation sites (N-methyl/N-ethyl adjacent to an activating group) is 1. The van der Waals surface area contributed by atoms with Crippen molar-refractivity contribution in [1.29, 1.82) is 0 Å².